The summed E-state index contributed by atoms with van der Waals surface area (Å²) in [5, 5.41) is 1.03. The molecule has 58 heavy (non-hydrogen) atoms. The first-order chi connectivity index (χ1) is 28.8. The molecule has 0 saturated heterocycles. The summed E-state index contributed by atoms with van der Waals surface area (Å²) in [5.74, 6) is 1.56. The summed E-state index contributed by atoms with van der Waals surface area (Å²) in [6.07, 6.45) is 1.83. The predicted molar refractivity (Wildman–Crippen MR) is 237 cm³/mol. The van der Waals surface area contributed by atoms with Gasteiger partial charge >= 0.3 is 0 Å². The number of pyridine rings is 1. The molecule has 274 valence electrons. The van der Waals surface area contributed by atoms with Crippen LogP contribution in [-0.4, -0.2) is 19.9 Å². The van der Waals surface area contributed by atoms with Crippen molar-refractivity contribution in [1.82, 2.24) is 19.9 Å². The van der Waals surface area contributed by atoms with Gasteiger partial charge in [-0.25, -0.2) is 15.0 Å². The van der Waals surface area contributed by atoms with Crippen LogP contribution in [0.15, 0.2) is 219 Å². The van der Waals surface area contributed by atoms with Crippen LogP contribution in [0.25, 0.3) is 56.0 Å². The predicted octanol–water partition coefficient (Wildman–Crippen LogP) is 12.9. The molecule has 0 aliphatic heterocycles. The average Bonchev–Trinajstić information content (AvgIpc) is 3.32. The number of fused-ring (bicyclic) bond motifs is 1. The lowest BCUT2D eigenvalue weighted by molar-refractivity contribution is 0.757. The van der Waals surface area contributed by atoms with E-state index in [-0.39, 0.29) is 11.8 Å². The molecule has 0 spiro atoms. The monoisotopic (exact) mass is 742 g/mol. The molecular weight excluding hydrogens is 705 g/mol. The molecule has 4 nitrogen and oxygen atoms in total. The van der Waals surface area contributed by atoms with Crippen LogP contribution in [0.4, 0.5) is 0 Å². The normalized spacial score (nSPS) is 15.4. The topological polar surface area (TPSA) is 51.6 Å². The molecule has 0 fully saturated rings. The van der Waals surface area contributed by atoms with Crippen LogP contribution < -0.4 is 0 Å². The Kier molecular flexibility index (Phi) is 9.34. The van der Waals surface area contributed by atoms with E-state index in [1.807, 2.05) is 36.5 Å². The van der Waals surface area contributed by atoms with Gasteiger partial charge in [-0.05, 0) is 68.8 Å². The van der Waals surface area contributed by atoms with Crippen molar-refractivity contribution in [3.05, 3.63) is 252 Å². The van der Waals surface area contributed by atoms with Gasteiger partial charge in [0, 0.05) is 40.1 Å². The van der Waals surface area contributed by atoms with E-state index in [1.165, 1.54) is 22.3 Å². The Labute approximate surface area is 338 Å². The van der Waals surface area contributed by atoms with Gasteiger partial charge in [-0.15, -0.1) is 0 Å². The highest BCUT2D eigenvalue weighted by Crippen LogP contribution is 2.60. The fourth-order valence-electron chi connectivity index (χ4n) is 8.51. The molecule has 1 aliphatic rings. The zero-order valence-corrected chi connectivity index (χ0v) is 31.7. The number of nitrogens with zero attached hydrogens (tertiary/aromatic N) is 4. The SMILES string of the molecule is c1ccc(C2=C(c3ccccc3)C(c3ccccc3)C(c3ccccc3)C(c3nc(-c4ccccc4)nc(-c4ccc5ncccc5c4)n3)=C2c2ccccc2)cc1. The Morgan fingerprint density at radius 3 is 1.29 bits per heavy atom. The van der Waals surface area contributed by atoms with E-state index < -0.39 is 0 Å². The van der Waals surface area contributed by atoms with E-state index in [9.17, 15) is 0 Å². The molecule has 9 aromatic rings. The van der Waals surface area contributed by atoms with Crippen LogP contribution in [0.1, 0.15) is 45.5 Å². The van der Waals surface area contributed by atoms with Gasteiger partial charge in [-0.2, -0.15) is 0 Å². The smallest absolute Gasteiger partial charge is 0.164 e. The lowest BCUT2D eigenvalue weighted by atomic mass is 9.62. The molecule has 2 aromatic heterocycles. The molecule has 0 radical (unpaired) electrons. The Morgan fingerprint density at radius 2 is 0.741 bits per heavy atom. The zero-order chi connectivity index (χ0) is 38.7. The summed E-state index contributed by atoms with van der Waals surface area (Å²) in [7, 11) is 0. The maximum atomic E-state index is 5.54. The number of allylic oxidation sites excluding steroid dienone is 4. The van der Waals surface area contributed by atoms with Crippen LogP contribution in [0.3, 0.4) is 0 Å². The molecule has 0 amide bonds. The molecule has 0 saturated carbocycles. The average molecular weight is 743 g/mol. The minimum atomic E-state index is -0.193. The Bertz CT molecular complexity index is 2910. The summed E-state index contributed by atoms with van der Waals surface area (Å²) >= 11 is 0. The molecule has 4 heteroatoms. The van der Waals surface area contributed by atoms with Gasteiger partial charge in [0.25, 0.3) is 0 Å². The highest BCUT2D eigenvalue weighted by Gasteiger charge is 2.42. The third kappa shape index (κ3) is 6.61. The van der Waals surface area contributed by atoms with Crippen LogP contribution in [0, 0.1) is 0 Å². The lowest BCUT2D eigenvalue weighted by Gasteiger charge is -2.40. The quantitative estimate of drug-likeness (QED) is 0.156. The Hall–Kier alpha value is -7.56. The van der Waals surface area contributed by atoms with Crippen LogP contribution in [-0.2, 0) is 0 Å². The molecule has 7 aromatic carbocycles. The van der Waals surface area contributed by atoms with Gasteiger partial charge in [-0.3, -0.25) is 4.98 Å². The van der Waals surface area contributed by atoms with Crippen molar-refractivity contribution in [2.45, 2.75) is 11.8 Å². The minimum Gasteiger partial charge on any atom is -0.256 e. The van der Waals surface area contributed by atoms with Gasteiger partial charge in [0.15, 0.2) is 17.5 Å². The molecule has 2 unspecified atom stereocenters. The van der Waals surface area contributed by atoms with Crippen LogP contribution in [0.5, 0.6) is 0 Å². The first-order valence-electron chi connectivity index (χ1n) is 19.7. The standard InChI is InChI=1S/C54H38N4/c1-7-20-37(21-8-1)46-47(38-22-9-2-10-23-38)49(40-26-13-4-14-27-40)51(50(41-28-15-5-16-29-41)48(46)39-24-11-3-12-25-39)54-57-52(42-30-17-6-18-31-42)56-53(58-54)44-33-34-45-43(36-44)32-19-35-55-45/h1-36,47,49H. The van der Waals surface area contributed by atoms with Crippen molar-refractivity contribution in [3.8, 4) is 22.8 Å². The molecule has 0 bridgehead atoms. The molecule has 2 atom stereocenters. The van der Waals surface area contributed by atoms with E-state index in [2.05, 4.69) is 187 Å². The number of rotatable bonds is 8. The van der Waals surface area contributed by atoms with Gasteiger partial charge in [-0.1, -0.05) is 188 Å². The fraction of sp³-hybridized carbons (Fsp3) is 0.0370. The van der Waals surface area contributed by atoms with Crippen molar-refractivity contribution in [1.29, 1.82) is 0 Å². The van der Waals surface area contributed by atoms with Crippen LogP contribution in [0.2, 0.25) is 0 Å². The Balaban J connectivity index is 1.39. The molecule has 0 N–H and O–H groups in total. The van der Waals surface area contributed by atoms with E-state index >= 15 is 0 Å². The van der Waals surface area contributed by atoms with E-state index in [1.54, 1.807) is 0 Å². The second-order valence-corrected chi connectivity index (χ2v) is 14.5. The van der Waals surface area contributed by atoms with Crippen molar-refractivity contribution >= 4 is 33.2 Å². The molecule has 10 rings (SSSR count). The number of hydrogen-bond acceptors (Lipinski definition) is 4. The van der Waals surface area contributed by atoms with Crippen molar-refractivity contribution in [2.24, 2.45) is 0 Å². The van der Waals surface area contributed by atoms with Gasteiger partial charge in [0.2, 0.25) is 0 Å². The molecule has 1 aliphatic carbocycles. The third-order valence-electron chi connectivity index (χ3n) is 11.0. The number of hydrogen-bond donors (Lipinski definition) is 0. The van der Waals surface area contributed by atoms with E-state index in [4.69, 9.17) is 15.0 Å². The highest BCUT2D eigenvalue weighted by atomic mass is 15.0. The second-order valence-electron chi connectivity index (χ2n) is 14.5. The minimum absolute atomic E-state index is 0.115. The first-order valence-corrected chi connectivity index (χ1v) is 19.7. The van der Waals surface area contributed by atoms with Gasteiger partial charge < -0.3 is 0 Å². The summed E-state index contributed by atoms with van der Waals surface area (Å²) in [4.78, 5) is 20.9. The second kappa shape index (κ2) is 15.5. The zero-order valence-electron chi connectivity index (χ0n) is 31.7. The first kappa shape index (κ1) is 34.9. The Morgan fingerprint density at radius 1 is 0.310 bits per heavy atom. The highest BCUT2D eigenvalue weighted by molar-refractivity contribution is 6.25. The largest absolute Gasteiger partial charge is 0.256 e. The summed E-state index contributed by atoms with van der Waals surface area (Å²) < 4.78 is 0. The summed E-state index contributed by atoms with van der Waals surface area (Å²) in [6.45, 7) is 0. The fourth-order valence-corrected chi connectivity index (χ4v) is 8.51. The number of benzene rings is 7. The molecular formula is C54H38N4. The van der Waals surface area contributed by atoms with E-state index in [0.717, 1.165) is 49.9 Å². The van der Waals surface area contributed by atoms with Crippen LogP contribution >= 0.6 is 0 Å². The summed E-state index contributed by atoms with van der Waals surface area (Å²) in [5.41, 5.74) is 13.1. The molecule has 2 heterocycles. The summed E-state index contributed by atoms with van der Waals surface area (Å²) in [6, 6.07) is 74.9. The van der Waals surface area contributed by atoms with Gasteiger partial charge in [0.1, 0.15) is 0 Å². The van der Waals surface area contributed by atoms with Crippen molar-refractivity contribution in [2.75, 3.05) is 0 Å². The van der Waals surface area contributed by atoms with Gasteiger partial charge in [0.05, 0.1) is 5.52 Å². The van der Waals surface area contributed by atoms with Crippen molar-refractivity contribution < 1.29 is 0 Å². The third-order valence-corrected chi connectivity index (χ3v) is 11.0. The van der Waals surface area contributed by atoms with Crippen molar-refractivity contribution in [3.63, 3.8) is 0 Å². The maximum Gasteiger partial charge on any atom is 0.164 e. The maximum absolute atomic E-state index is 5.54. The number of aromatic nitrogens is 4. The lowest BCUT2D eigenvalue weighted by Crippen LogP contribution is -2.23. The van der Waals surface area contributed by atoms with E-state index in [0.29, 0.717) is 17.5 Å².